The Kier molecular flexibility index (Phi) is 16.1. The van der Waals surface area contributed by atoms with Crippen LogP contribution in [0.15, 0.2) is 72.8 Å². The summed E-state index contributed by atoms with van der Waals surface area (Å²) in [5.41, 5.74) is 6.24. The first-order valence-corrected chi connectivity index (χ1v) is 17.8. The van der Waals surface area contributed by atoms with E-state index in [1.807, 2.05) is 0 Å². The number of rotatable bonds is 21. The number of hydrogen-bond acceptors (Lipinski definition) is 5. The lowest BCUT2D eigenvalue weighted by Crippen LogP contribution is -2.36. The van der Waals surface area contributed by atoms with Gasteiger partial charge in [-0.3, -0.25) is 0 Å². The van der Waals surface area contributed by atoms with E-state index in [9.17, 15) is 0 Å². The van der Waals surface area contributed by atoms with Crippen molar-refractivity contribution >= 4 is 11.1 Å². The molecule has 0 atom stereocenters. The highest BCUT2D eigenvalue weighted by Gasteiger charge is 2.15. The number of hydrogen-bond donors (Lipinski definition) is 1. The minimum absolute atomic E-state index is 0.865. The number of nitrogens with zero attached hydrogens (tertiary/aromatic N) is 1. The molecule has 0 spiro atoms. The van der Waals surface area contributed by atoms with Crippen LogP contribution in [0.5, 0.6) is 17.2 Å². The fourth-order valence-corrected chi connectivity index (χ4v) is 6.57. The molecule has 0 saturated carbocycles. The lowest BCUT2D eigenvalue weighted by molar-refractivity contribution is 0.229. The molecule has 1 saturated heterocycles. The van der Waals surface area contributed by atoms with Gasteiger partial charge in [0, 0.05) is 13.1 Å². The van der Waals surface area contributed by atoms with Crippen LogP contribution < -0.4 is 19.5 Å². The van der Waals surface area contributed by atoms with E-state index in [1.54, 1.807) is 21.3 Å². The maximum Gasteiger partial charge on any atom is 0.118 e. The van der Waals surface area contributed by atoms with Crippen LogP contribution in [0, 0.1) is 0 Å². The molecule has 0 bridgehead atoms. The number of ether oxygens (including phenoxy) is 3. The fourth-order valence-electron chi connectivity index (χ4n) is 6.57. The predicted octanol–water partition coefficient (Wildman–Crippen LogP) is 9.65. The zero-order chi connectivity index (χ0) is 32.2. The Balaban J connectivity index is 1.28. The first-order chi connectivity index (χ1) is 22.7. The average molecular weight is 627 g/mol. The number of benzene rings is 3. The minimum atomic E-state index is 0.865. The van der Waals surface area contributed by atoms with Crippen LogP contribution in [-0.2, 0) is 0 Å². The second-order valence-electron chi connectivity index (χ2n) is 12.6. The topological polar surface area (TPSA) is 43.0 Å². The Hall–Kier alpha value is -3.28. The third-order valence-electron chi connectivity index (χ3n) is 9.33. The quantitative estimate of drug-likeness (QED) is 0.0942. The third-order valence-corrected chi connectivity index (χ3v) is 9.33. The Morgan fingerprint density at radius 2 is 0.957 bits per heavy atom. The molecule has 1 aliphatic rings. The van der Waals surface area contributed by atoms with Crippen LogP contribution >= 0.6 is 0 Å². The number of allylic oxidation sites excluding steroid dienone is 1. The zero-order valence-corrected chi connectivity index (χ0v) is 28.8. The minimum Gasteiger partial charge on any atom is -0.497 e. The summed E-state index contributed by atoms with van der Waals surface area (Å²) in [7, 11) is 5.16. The van der Waals surface area contributed by atoms with Gasteiger partial charge in [-0.25, -0.2) is 0 Å². The van der Waals surface area contributed by atoms with Gasteiger partial charge < -0.3 is 24.4 Å². The molecular formula is C41H58N2O3. The van der Waals surface area contributed by atoms with Crippen LogP contribution in [-0.4, -0.2) is 59.0 Å². The summed E-state index contributed by atoms with van der Waals surface area (Å²) < 4.78 is 16.4. The van der Waals surface area contributed by atoms with Crippen molar-refractivity contribution in [3.8, 4) is 17.2 Å². The summed E-state index contributed by atoms with van der Waals surface area (Å²) in [6.45, 7) is 6.15. The second-order valence-corrected chi connectivity index (χ2v) is 12.6. The number of piperidine rings is 1. The molecule has 5 heteroatoms. The second kappa shape index (κ2) is 20.8. The van der Waals surface area contributed by atoms with Crippen molar-refractivity contribution in [3.63, 3.8) is 0 Å². The Morgan fingerprint density at radius 3 is 1.43 bits per heavy atom. The average Bonchev–Trinajstić information content (AvgIpc) is 3.12. The third kappa shape index (κ3) is 11.8. The maximum absolute atomic E-state index is 5.48. The van der Waals surface area contributed by atoms with E-state index in [2.05, 4.69) is 83.0 Å². The largest absolute Gasteiger partial charge is 0.497 e. The van der Waals surface area contributed by atoms with Gasteiger partial charge in [-0.2, -0.15) is 0 Å². The van der Waals surface area contributed by atoms with Crippen molar-refractivity contribution in [2.24, 2.45) is 0 Å². The summed E-state index contributed by atoms with van der Waals surface area (Å²) in [5, 5.41) is 3.66. The molecule has 46 heavy (non-hydrogen) atoms. The van der Waals surface area contributed by atoms with Crippen LogP contribution in [0.2, 0.25) is 0 Å². The van der Waals surface area contributed by atoms with E-state index in [0.29, 0.717) is 0 Å². The summed E-state index contributed by atoms with van der Waals surface area (Å²) in [6.07, 6.45) is 17.0. The molecule has 1 aliphatic heterocycles. The van der Waals surface area contributed by atoms with Crippen molar-refractivity contribution in [2.45, 2.75) is 83.5 Å². The highest BCUT2D eigenvalue weighted by molar-refractivity contribution is 5.98. The molecule has 5 nitrogen and oxygen atoms in total. The van der Waals surface area contributed by atoms with Gasteiger partial charge in [-0.05, 0) is 116 Å². The molecule has 1 fully saturated rings. The van der Waals surface area contributed by atoms with Crippen LogP contribution in [0.4, 0.5) is 0 Å². The van der Waals surface area contributed by atoms with E-state index in [4.69, 9.17) is 14.2 Å². The molecule has 4 rings (SSSR count). The summed E-state index contributed by atoms with van der Waals surface area (Å²) >= 11 is 0. The van der Waals surface area contributed by atoms with E-state index in [0.717, 1.165) is 30.2 Å². The van der Waals surface area contributed by atoms with E-state index in [-0.39, 0.29) is 0 Å². The molecule has 0 aromatic heterocycles. The molecule has 0 unspecified atom stereocenters. The molecule has 3 aromatic rings. The lowest BCUT2D eigenvalue weighted by Gasteiger charge is -2.26. The standard InChI is InChI=1S/C41H58N2O3/c1-44-37-23-17-34(18-24-37)40(41(35-19-25-38(45-2)26-20-35)36-21-27-39(46-3)28-22-36)16-12-9-7-5-4-6-8-10-13-29-42-30-33-43-31-14-11-15-32-43/h17-28,42H,4-16,29-33H2,1-3H3. The van der Waals surface area contributed by atoms with Crippen molar-refractivity contribution in [1.82, 2.24) is 10.2 Å². The van der Waals surface area contributed by atoms with E-state index >= 15 is 0 Å². The Morgan fingerprint density at radius 1 is 0.522 bits per heavy atom. The number of nitrogens with one attached hydrogen (secondary N) is 1. The van der Waals surface area contributed by atoms with Crippen molar-refractivity contribution in [1.29, 1.82) is 0 Å². The van der Waals surface area contributed by atoms with Crippen LogP contribution in [0.3, 0.4) is 0 Å². The highest BCUT2D eigenvalue weighted by Crippen LogP contribution is 2.37. The predicted molar refractivity (Wildman–Crippen MR) is 194 cm³/mol. The van der Waals surface area contributed by atoms with Gasteiger partial charge in [0.1, 0.15) is 17.2 Å². The molecule has 250 valence electrons. The summed E-state index contributed by atoms with van der Waals surface area (Å²) in [4.78, 5) is 2.62. The van der Waals surface area contributed by atoms with Crippen LogP contribution in [0.1, 0.15) is 100 Å². The summed E-state index contributed by atoms with van der Waals surface area (Å²) in [5.74, 6) is 2.61. The molecule has 1 heterocycles. The lowest BCUT2D eigenvalue weighted by atomic mass is 9.86. The van der Waals surface area contributed by atoms with Gasteiger partial charge >= 0.3 is 0 Å². The highest BCUT2D eigenvalue weighted by atomic mass is 16.5. The van der Waals surface area contributed by atoms with Gasteiger partial charge in [0.25, 0.3) is 0 Å². The van der Waals surface area contributed by atoms with Crippen LogP contribution in [0.25, 0.3) is 11.1 Å². The van der Waals surface area contributed by atoms with Crippen molar-refractivity contribution < 1.29 is 14.2 Å². The smallest absolute Gasteiger partial charge is 0.118 e. The normalized spacial score (nSPS) is 13.4. The molecule has 1 N–H and O–H groups in total. The molecule has 0 radical (unpaired) electrons. The van der Waals surface area contributed by atoms with Crippen molar-refractivity contribution in [3.05, 3.63) is 89.5 Å². The molecule has 3 aromatic carbocycles. The van der Waals surface area contributed by atoms with Gasteiger partial charge in [-0.1, -0.05) is 87.8 Å². The molecule has 0 aliphatic carbocycles. The Bertz CT molecular complexity index is 1210. The van der Waals surface area contributed by atoms with E-state index < -0.39 is 0 Å². The zero-order valence-electron chi connectivity index (χ0n) is 28.8. The van der Waals surface area contributed by atoms with Gasteiger partial charge in [0.2, 0.25) is 0 Å². The Labute approximate surface area is 279 Å². The van der Waals surface area contributed by atoms with Gasteiger partial charge in [-0.15, -0.1) is 0 Å². The maximum atomic E-state index is 5.48. The SMILES string of the molecule is COc1ccc(C(CCCCCCCCCCCNCCN2CCCCC2)=C(c2ccc(OC)cc2)c2ccc(OC)cc2)cc1. The molecule has 0 amide bonds. The monoisotopic (exact) mass is 626 g/mol. The fraction of sp³-hybridized carbons (Fsp3) is 0.512. The number of likely N-dealkylation sites (tertiary alicyclic amines) is 1. The van der Waals surface area contributed by atoms with E-state index in [1.165, 1.54) is 131 Å². The summed E-state index contributed by atoms with van der Waals surface area (Å²) in [6, 6.07) is 25.4. The van der Waals surface area contributed by atoms with Gasteiger partial charge in [0.05, 0.1) is 21.3 Å². The number of methoxy groups -OCH3 is 3. The molecular weight excluding hydrogens is 568 g/mol. The van der Waals surface area contributed by atoms with Crippen molar-refractivity contribution in [2.75, 3.05) is 54.1 Å². The number of unbranched alkanes of at least 4 members (excludes halogenated alkanes) is 8. The first-order valence-electron chi connectivity index (χ1n) is 17.8. The van der Waals surface area contributed by atoms with Gasteiger partial charge in [0.15, 0.2) is 0 Å². The first kappa shape index (κ1) is 35.6.